The van der Waals surface area contributed by atoms with Gasteiger partial charge in [0.1, 0.15) is 6.33 Å². The van der Waals surface area contributed by atoms with E-state index in [1.54, 1.807) is 6.07 Å². The highest BCUT2D eigenvalue weighted by Crippen LogP contribution is 2.31. The molecule has 2 rings (SSSR count). The van der Waals surface area contributed by atoms with E-state index in [2.05, 4.69) is 9.97 Å². The topological polar surface area (TPSA) is 25.8 Å². The van der Waals surface area contributed by atoms with Crippen molar-refractivity contribution in [3.05, 3.63) is 48.5 Å². The van der Waals surface area contributed by atoms with E-state index in [0.29, 0.717) is 11.1 Å². The molecule has 0 bridgehead atoms. The zero-order valence-corrected chi connectivity index (χ0v) is 8.07. The third-order valence-corrected chi connectivity index (χ3v) is 2.08. The zero-order valence-electron chi connectivity index (χ0n) is 8.07. The first kappa shape index (κ1) is 10.6. The normalized spacial score (nSPS) is 11.4. The van der Waals surface area contributed by atoms with Gasteiger partial charge in [0, 0.05) is 18.0 Å². The molecule has 0 spiro atoms. The number of hydrogen-bond acceptors (Lipinski definition) is 2. The molecule has 0 aliphatic heterocycles. The van der Waals surface area contributed by atoms with Crippen LogP contribution in [0.1, 0.15) is 5.56 Å². The number of nitrogens with zero attached hydrogens (tertiary/aromatic N) is 2. The molecule has 2 aromatic rings. The number of hydrogen-bond donors (Lipinski definition) is 0. The van der Waals surface area contributed by atoms with Crippen LogP contribution in [-0.4, -0.2) is 9.97 Å². The average molecular weight is 224 g/mol. The fourth-order valence-electron chi connectivity index (χ4n) is 1.32. The molecule has 1 heterocycles. The van der Waals surface area contributed by atoms with Gasteiger partial charge < -0.3 is 0 Å². The SMILES string of the molecule is FC(F)(F)c1cccc(-c2cncnc2)c1. The first-order chi connectivity index (χ1) is 7.57. The molecule has 0 saturated heterocycles. The van der Waals surface area contributed by atoms with Crippen molar-refractivity contribution in [1.82, 2.24) is 9.97 Å². The van der Waals surface area contributed by atoms with Crippen molar-refractivity contribution >= 4 is 0 Å². The highest BCUT2D eigenvalue weighted by atomic mass is 19.4. The summed E-state index contributed by atoms with van der Waals surface area (Å²) in [7, 11) is 0. The van der Waals surface area contributed by atoms with Crippen LogP contribution in [0.15, 0.2) is 43.0 Å². The number of alkyl halides is 3. The van der Waals surface area contributed by atoms with Gasteiger partial charge in [0.15, 0.2) is 0 Å². The molecular formula is C11H7F3N2. The summed E-state index contributed by atoms with van der Waals surface area (Å²) < 4.78 is 37.4. The number of benzene rings is 1. The van der Waals surface area contributed by atoms with Crippen molar-refractivity contribution in [3.63, 3.8) is 0 Å². The van der Waals surface area contributed by atoms with E-state index >= 15 is 0 Å². The third kappa shape index (κ3) is 2.18. The second-order valence-electron chi connectivity index (χ2n) is 3.21. The van der Waals surface area contributed by atoms with Crippen LogP contribution in [0.25, 0.3) is 11.1 Å². The summed E-state index contributed by atoms with van der Waals surface area (Å²) in [5.74, 6) is 0. The maximum absolute atomic E-state index is 12.5. The Morgan fingerprint density at radius 3 is 2.25 bits per heavy atom. The van der Waals surface area contributed by atoms with Crippen LogP contribution in [0.3, 0.4) is 0 Å². The maximum Gasteiger partial charge on any atom is 0.416 e. The molecule has 16 heavy (non-hydrogen) atoms. The van der Waals surface area contributed by atoms with Gasteiger partial charge in [-0.2, -0.15) is 13.2 Å². The molecule has 2 nitrogen and oxygen atoms in total. The number of rotatable bonds is 1. The van der Waals surface area contributed by atoms with Gasteiger partial charge in [0.2, 0.25) is 0 Å². The van der Waals surface area contributed by atoms with E-state index < -0.39 is 11.7 Å². The number of aromatic nitrogens is 2. The standard InChI is InChI=1S/C11H7F3N2/c12-11(13,14)10-3-1-2-8(4-10)9-5-15-7-16-6-9/h1-7H. The third-order valence-electron chi connectivity index (χ3n) is 2.08. The van der Waals surface area contributed by atoms with E-state index in [-0.39, 0.29) is 0 Å². The van der Waals surface area contributed by atoms with Crippen molar-refractivity contribution in [1.29, 1.82) is 0 Å². The van der Waals surface area contributed by atoms with Gasteiger partial charge in [-0.15, -0.1) is 0 Å². The quantitative estimate of drug-likeness (QED) is 0.743. The second-order valence-corrected chi connectivity index (χ2v) is 3.21. The lowest BCUT2D eigenvalue weighted by molar-refractivity contribution is -0.137. The largest absolute Gasteiger partial charge is 0.416 e. The molecule has 0 amide bonds. The van der Waals surface area contributed by atoms with Crippen molar-refractivity contribution < 1.29 is 13.2 Å². The van der Waals surface area contributed by atoms with E-state index in [4.69, 9.17) is 0 Å². The molecule has 1 aromatic carbocycles. The Labute approximate surface area is 89.8 Å². The first-order valence-corrected chi connectivity index (χ1v) is 4.50. The lowest BCUT2D eigenvalue weighted by Gasteiger charge is -2.08. The Bertz CT molecular complexity index is 480. The average Bonchev–Trinajstić information content (AvgIpc) is 2.29. The highest BCUT2D eigenvalue weighted by molar-refractivity contribution is 5.62. The smallest absolute Gasteiger partial charge is 0.244 e. The van der Waals surface area contributed by atoms with Crippen molar-refractivity contribution in [2.24, 2.45) is 0 Å². The molecule has 0 atom stereocenters. The second kappa shape index (κ2) is 3.92. The monoisotopic (exact) mass is 224 g/mol. The molecular weight excluding hydrogens is 217 g/mol. The Hall–Kier alpha value is -1.91. The maximum atomic E-state index is 12.5. The van der Waals surface area contributed by atoms with Crippen LogP contribution in [0.5, 0.6) is 0 Å². The minimum absolute atomic E-state index is 0.454. The summed E-state index contributed by atoms with van der Waals surface area (Å²) in [6.07, 6.45) is -0.0479. The van der Waals surface area contributed by atoms with Gasteiger partial charge in [0.25, 0.3) is 0 Å². The van der Waals surface area contributed by atoms with Crippen LogP contribution < -0.4 is 0 Å². The predicted molar refractivity (Wildman–Crippen MR) is 52.5 cm³/mol. The molecule has 0 fully saturated rings. The molecule has 0 saturated carbocycles. The molecule has 1 aromatic heterocycles. The van der Waals surface area contributed by atoms with Crippen LogP contribution in [0, 0.1) is 0 Å². The van der Waals surface area contributed by atoms with Crippen LogP contribution >= 0.6 is 0 Å². The van der Waals surface area contributed by atoms with Crippen molar-refractivity contribution in [2.75, 3.05) is 0 Å². The molecule has 0 unspecified atom stereocenters. The van der Waals surface area contributed by atoms with Crippen LogP contribution in [0.4, 0.5) is 13.2 Å². The lowest BCUT2D eigenvalue weighted by atomic mass is 10.1. The van der Waals surface area contributed by atoms with E-state index in [9.17, 15) is 13.2 Å². The minimum Gasteiger partial charge on any atom is -0.244 e. The van der Waals surface area contributed by atoms with Gasteiger partial charge in [-0.05, 0) is 17.7 Å². The van der Waals surface area contributed by atoms with Crippen LogP contribution in [-0.2, 0) is 6.18 Å². The molecule has 0 radical (unpaired) electrons. The summed E-state index contributed by atoms with van der Waals surface area (Å²) in [5.41, 5.74) is 0.345. The van der Waals surface area contributed by atoms with Gasteiger partial charge in [0.05, 0.1) is 5.56 Å². The van der Waals surface area contributed by atoms with E-state index in [1.807, 2.05) is 0 Å². The molecule has 0 N–H and O–H groups in total. The van der Waals surface area contributed by atoms with Crippen molar-refractivity contribution in [2.45, 2.75) is 6.18 Å². The molecule has 5 heteroatoms. The zero-order chi connectivity index (χ0) is 11.6. The van der Waals surface area contributed by atoms with Gasteiger partial charge in [-0.1, -0.05) is 12.1 Å². The molecule has 0 aliphatic carbocycles. The van der Waals surface area contributed by atoms with Crippen LogP contribution in [0.2, 0.25) is 0 Å². The van der Waals surface area contributed by atoms with E-state index in [1.165, 1.54) is 24.8 Å². The van der Waals surface area contributed by atoms with Gasteiger partial charge >= 0.3 is 6.18 Å². The summed E-state index contributed by atoms with van der Waals surface area (Å²) in [4.78, 5) is 7.52. The fraction of sp³-hybridized carbons (Fsp3) is 0.0909. The fourth-order valence-corrected chi connectivity index (χ4v) is 1.32. The summed E-state index contributed by atoms with van der Waals surface area (Å²) in [5, 5.41) is 0. The van der Waals surface area contributed by atoms with Crippen molar-refractivity contribution in [3.8, 4) is 11.1 Å². The highest BCUT2D eigenvalue weighted by Gasteiger charge is 2.30. The molecule has 0 aliphatic rings. The Balaban J connectivity index is 2.45. The Kier molecular flexibility index (Phi) is 2.60. The minimum atomic E-state index is -4.33. The summed E-state index contributed by atoms with van der Waals surface area (Å²) >= 11 is 0. The summed E-state index contributed by atoms with van der Waals surface area (Å²) in [6, 6.07) is 5.07. The Morgan fingerprint density at radius 1 is 0.938 bits per heavy atom. The predicted octanol–water partition coefficient (Wildman–Crippen LogP) is 3.16. The number of halogens is 3. The van der Waals surface area contributed by atoms with E-state index in [0.717, 1.165) is 12.1 Å². The first-order valence-electron chi connectivity index (χ1n) is 4.50. The lowest BCUT2D eigenvalue weighted by Crippen LogP contribution is -2.04. The molecule has 82 valence electrons. The van der Waals surface area contributed by atoms with Gasteiger partial charge in [-0.3, -0.25) is 0 Å². The summed E-state index contributed by atoms with van der Waals surface area (Å²) in [6.45, 7) is 0. The Morgan fingerprint density at radius 2 is 1.62 bits per heavy atom. The van der Waals surface area contributed by atoms with Gasteiger partial charge in [-0.25, -0.2) is 9.97 Å².